The van der Waals surface area contributed by atoms with Gasteiger partial charge in [-0.1, -0.05) is 30.3 Å². The Morgan fingerprint density at radius 1 is 1.30 bits per heavy atom. The lowest BCUT2D eigenvalue weighted by atomic mass is 9.89. The molecule has 1 amide bonds. The third-order valence-electron chi connectivity index (χ3n) is 3.47. The summed E-state index contributed by atoms with van der Waals surface area (Å²) in [4.78, 5) is 13.4. The van der Waals surface area contributed by atoms with E-state index in [2.05, 4.69) is 12.1 Å². The molecule has 1 aliphatic heterocycles. The Hall–Kier alpha value is -1.55. The van der Waals surface area contributed by atoms with E-state index in [1.54, 1.807) is 0 Å². The molecule has 1 saturated heterocycles. The number of amides is 1. The van der Waals surface area contributed by atoms with Crippen LogP contribution in [0.3, 0.4) is 0 Å². The van der Waals surface area contributed by atoms with Crippen LogP contribution in [0.25, 0.3) is 0 Å². The first-order valence-electron chi connectivity index (χ1n) is 7.09. The molecule has 1 aliphatic rings. The van der Waals surface area contributed by atoms with Crippen LogP contribution in [0.2, 0.25) is 0 Å². The van der Waals surface area contributed by atoms with Gasteiger partial charge in [0, 0.05) is 6.54 Å². The zero-order valence-corrected chi connectivity index (χ0v) is 12.4. The molecule has 0 bridgehead atoms. The minimum absolute atomic E-state index is 0.296. The fourth-order valence-electron chi connectivity index (χ4n) is 2.50. The predicted octanol–water partition coefficient (Wildman–Crippen LogP) is 3.12. The first-order valence-corrected chi connectivity index (χ1v) is 7.09. The van der Waals surface area contributed by atoms with E-state index in [0.717, 1.165) is 6.42 Å². The van der Waals surface area contributed by atoms with Crippen LogP contribution in [0.5, 0.6) is 0 Å². The van der Waals surface area contributed by atoms with Gasteiger partial charge in [-0.25, -0.2) is 4.79 Å². The molecule has 1 aromatic carbocycles. The van der Waals surface area contributed by atoms with Crippen LogP contribution in [-0.2, 0) is 4.74 Å². The Morgan fingerprint density at radius 2 is 1.95 bits per heavy atom. The topological polar surface area (TPSA) is 49.8 Å². The minimum atomic E-state index is -0.774. The van der Waals surface area contributed by atoms with Crippen molar-refractivity contribution in [3.8, 4) is 0 Å². The van der Waals surface area contributed by atoms with Crippen LogP contribution in [-0.4, -0.2) is 34.5 Å². The summed E-state index contributed by atoms with van der Waals surface area (Å²) in [5.74, 6) is 0.296. The Labute approximate surface area is 120 Å². The van der Waals surface area contributed by atoms with E-state index in [-0.39, 0.29) is 0 Å². The number of hydrogen-bond acceptors (Lipinski definition) is 3. The number of benzene rings is 1. The largest absolute Gasteiger partial charge is 0.444 e. The Balaban J connectivity index is 1.98. The Bertz CT molecular complexity index is 453. The highest BCUT2D eigenvalue weighted by molar-refractivity contribution is 5.68. The molecule has 0 aromatic heterocycles. The van der Waals surface area contributed by atoms with Crippen LogP contribution in [0.15, 0.2) is 30.3 Å². The summed E-state index contributed by atoms with van der Waals surface area (Å²) in [5, 5.41) is 10.2. The fourth-order valence-corrected chi connectivity index (χ4v) is 2.50. The maximum absolute atomic E-state index is 12.0. The second-order valence-corrected chi connectivity index (χ2v) is 6.29. The van der Waals surface area contributed by atoms with Crippen molar-refractivity contribution in [1.82, 2.24) is 4.90 Å². The zero-order chi connectivity index (χ0) is 14.8. The molecule has 110 valence electrons. The molecule has 2 rings (SSSR count). The van der Waals surface area contributed by atoms with Gasteiger partial charge in [-0.2, -0.15) is 0 Å². The summed E-state index contributed by atoms with van der Waals surface area (Å²) in [6.07, 6.45) is 0.198. The van der Waals surface area contributed by atoms with Gasteiger partial charge in [-0.05, 0) is 45.1 Å². The number of likely N-dealkylation sites (tertiary alicyclic amines) is 1. The highest BCUT2D eigenvalue weighted by Gasteiger charge is 2.33. The molecule has 4 nitrogen and oxygen atoms in total. The monoisotopic (exact) mass is 277 g/mol. The van der Waals surface area contributed by atoms with Crippen LogP contribution in [0, 0.1) is 0 Å². The minimum Gasteiger partial charge on any atom is -0.444 e. The SMILES string of the molecule is CC(C)(C)OC(=O)N1CCC(c2ccccc2)CC1O. The molecule has 20 heavy (non-hydrogen) atoms. The molecule has 4 heteroatoms. The van der Waals surface area contributed by atoms with Crippen molar-refractivity contribution < 1.29 is 14.6 Å². The summed E-state index contributed by atoms with van der Waals surface area (Å²) in [7, 11) is 0. The number of rotatable bonds is 1. The standard InChI is InChI=1S/C16H23NO3/c1-16(2,3)20-15(19)17-10-9-13(11-14(17)18)12-7-5-4-6-8-12/h4-8,13-14,18H,9-11H2,1-3H3. The molecule has 1 aromatic rings. The average molecular weight is 277 g/mol. The molecule has 2 unspecified atom stereocenters. The van der Waals surface area contributed by atoms with Crippen molar-refractivity contribution in [2.45, 2.75) is 51.4 Å². The van der Waals surface area contributed by atoms with Gasteiger partial charge in [-0.15, -0.1) is 0 Å². The number of aliphatic hydroxyl groups is 1. The number of aliphatic hydroxyl groups excluding tert-OH is 1. The lowest BCUT2D eigenvalue weighted by Crippen LogP contribution is -2.47. The maximum Gasteiger partial charge on any atom is 0.412 e. The molecule has 1 N–H and O–H groups in total. The first kappa shape index (κ1) is 14.9. The van der Waals surface area contributed by atoms with Crippen LogP contribution in [0.1, 0.15) is 45.1 Å². The normalized spacial score (nSPS) is 23.5. The molecule has 0 radical (unpaired) electrons. The van der Waals surface area contributed by atoms with Crippen molar-refractivity contribution in [1.29, 1.82) is 0 Å². The molecular formula is C16H23NO3. The third-order valence-corrected chi connectivity index (χ3v) is 3.47. The lowest BCUT2D eigenvalue weighted by molar-refractivity contribution is -0.0492. The quantitative estimate of drug-likeness (QED) is 0.858. The highest BCUT2D eigenvalue weighted by Crippen LogP contribution is 2.31. The lowest BCUT2D eigenvalue weighted by Gasteiger charge is -2.37. The van der Waals surface area contributed by atoms with Crippen molar-refractivity contribution in [2.75, 3.05) is 6.54 Å². The van der Waals surface area contributed by atoms with Gasteiger partial charge >= 0.3 is 6.09 Å². The second kappa shape index (κ2) is 5.83. The number of ether oxygens (including phenoxy) is 1. The van der Waals surface area contributed by atoms with Crippen LogP contribution < -0.4 is 0 Å². The van der Waals surface area contributed by atoms with Gasteiger partial charge in [0.1, 0.15) is 11.8 Å². The van der Waals surface area contributed by atoms with Crippen molar-refractivity contribution in [2.24, 2.45) is 0 Å². The van der Waals surface area contributed by atoms with Crippen molar-refractivity contribution in [3.05, 3.63) is 35.9 Å². The van der Waals surface area contributed by atoms with E-state index < -0.39 is 17.9 Å². The number of carbonyl (C=O) groups excluding carboxylic acids is 1. The summed E-state index contributed by atoms with van der Waals surface area (Å²) >= 11 is 0. The molecule has 1 fully saturated rings. The van der Waals surface area contributed by atoms with Crippen LogP contribution in [0.4, 0.5) is 4.79 Å². The van der Waals surface area contributed by atoms with E-state index in [1.807, 2.05) is 39.0 Å². The molecule has 1 heterocycles. The van der Waals surface area contributed by atoms with Gasteiger partial charge in [0.25, 0.3) is 0 Å². The molecule has 2 atom stereocenters. The predicted molar refractivity (Wildman–Crippen MR) is 77.4 cm³/mol. The van der Waals surface area contributed by atoms with Gasteiger partial charge < -0.3 is 9.84 Å². The highest BCUT2D eigenvalue weighted by atomic mass is 16.6. The molecule has 0 spiro atoms. The number of nitrogens with zero attached hydrogens (tertiary/aromatic N) is 1. The van der Waals surface area contributed by atoms with Crippen molar-refractivity contribution >= 4 is 6.09 Å². The fraction of sp³-hybridized carbons (Fsp3) is 0.562. The average Bonchev–Trinajstić information content (AvgIpc) is 2.37. The Morgan fingerprint density at radius 3 is 2.50 bits per heavy atom. The van der Waals surface area contributed by atoms with Gasteiger partial charge in [0.05, 0.1) is 0 Å². The molecular weight excluding hydrogens is 254 g/mol. The number of hydrogen-bond donors (Lipinski definition) is 1. The van der Waals surface area contributed by atoms with Gasteiger partial charge in [-0.3, -0.25) is 4.90 Å². The first-order chi connectivity index (χ1) is 9.37. The number of carbonyl (C=O) groups is 1. The third kappa shape index (κ3) is 3.73. The van der Waals surface area contributed by atoms with E-state index in [9.17, 15) is 9.90 Å². The van der Waals surface area contributed by atoms with Crippen LogP contribution >= 0.6 is 0 Å². The van der Waals surface area contributed by atoms with Gasteiger partial charge in [0.2, 0.25) is 0 Å². The van der Waals surface area contributed by atoms with E-state index in [1.165, 1.54) is 10.5 Å². The zero-order valence-electron chi connectivity index (χ0n) is 12.4. The summed E-state index contributed by atoms with van der Waals surface area (Å²) in [5.41, 5.74) is 0.683. The van der Waals surface area contributed by atoms with E-state index in [4.69, 9.17) is 4.74 Å². The Kier molecular flexibility index (Phi) is 4.33. The second-order valence-electron chi connectivity index (χ2n) is 6.29. The molecule has 0 aliphatic carbocycles. The van der Waals surface area contributed by atoms with Gasteiger partial charge in [0.15, 0.2) is 0 Å². The van der Waals surface area contributed by atoms with E-state index >= 15 is 0 Å². The summed E-state index contributed by atoms with van der Waals surface area (Å²) in [6.45, 7) is 6.01. The maximum atomic E-state index is 12.0. The van der Waals surface area contributed by atoms with Crippen molar-refractivity contribution in [3.63, 3.8) is 0 Å². The number of piperidine rings is 1. The molecule has 0 saturated carbocycles. The van der Waals surface area contributed by atoms with E-state index in [0.29, 0.717) is 18.9 Å². The summed E-state index contributed by atoms with van der Waals surface area (Å²) < 4.78 is 5.32. The smallest absolute Gasteiger partial charge is 0.412 e. The summed E-state index contributed by atoms with van der Waals surface area (Å²) in [6, 6.07) is 10.1.